The summed E-state index contributed by atoms with van der Waals surface area (Å²) >= 11 is 11.5. The summed E-state index contributed by atoms with van der Waals surface area (Å²) in [7, 11) is -3.73. The van der Waals surface area contributed by atoms with Gasteiger partial charge in [0, 0.05) is 11.9 Å². The molecule has 21 heavy (non-hydrogen) atoms. The molecule has 2 aromatic rings. The first-order chi connectivity index (χ1) is 9.92. The maximum Gasteiger partial charge on any atom is 0.263 e. The first-order valence-corrected chi connectivity index (χ1v) is 8.59. The lowest BCUT2D eigenvalue weighted by Crippen LogP contribution is -2.13. The molecule has 4 nitrogen and oxygen atoms in total. The van der Waals surface area contributed by atoms with Crippen molar-refractivity contribution in [3.05, 3.63) is 52.3 Å². The van der Waals surface area contributed by atoms with Crippen LogP contribution < -0.4 is 4.72 Å². The van der Waals surface area contributed by atoms with Crippen molar-refractivity contribution >= 4 is 38.9 Å². The Bertz CT molecular complexity index is 731. The molecule has 0 aliphatic heterocycles. The lowest BCUT2D eigenvalue weighted by atomic mass is 10.1. The molecule has 7 heteroatoms. The standard InChI is InChI=1S/C14H14Cl2N2O2S/c1-2-3-10-4-6-11(7-5-10)18-21(19,20)12-8-13(15)14(16)17-9-12/h4-9,18H,2-3H2,1H3. The average molecular weight is 345 g/mol. The van der Waals surface area contributed by atoms with E-state index < -0.39 is 10.0 Å². The van der Waals surface area contributed by atoms with E-state index in [1.54, 1.807) is 12.1 Å². The highest BCUT2D eigenvalue weighted by molar-refractivity contribution is 7.92. The summed E-state index contributed by atoms with van der Waals surface area (Å²) in [5.41, 5.74) is 1.65. The smallest absolute Gasteiger partial charge is 0.263 e. The van der Waals surface area contributed by atoms with Crippen LogP contribution in [0.25, 0.3) is 0 Å². The van der Waals surface area contributed by atoms with Gasteiger partial charge in [0.1, 0.15) is 10.0 Å². The van der Waals surface area contributed by atoms with E-state index in [1.165, 1.54) is 12.3 Å². The molecule has 112 valence electrons. The van der Waals surface area contributed by atoms with E-state index in [9.17, 15) is 8.42 Å². The van der Waals surface area contributed by atoms with E-state index in [0.717, 1.165) is 18.4 Å². The van der Waals surface area contributed by atoms with Crippen LogP contribution >= 0.6 is 23.2 Å². The zero-order valence-electron chi connectivity index (χ0n) is 11.3. The summed E-state index contributed by atoms with van der Waals surface area (Å²) in [5.74, 6) is 0. The summed E-state index contributed by atoms with van der Waals surface area (Å²) in [6.07, 6.45) is 3.17. The van der Waals surface area contributed by atoms with Crippen LogP contribution in [0.5, 0.6) is 0 Å². The summed E-state index contributed by atoms with van der Waals surface area (Å²) in [4.78, 5) is 3.71. The molecule has 1 N–H and O–H groups in total. The molecular formula is C14H14Cl2N2O2S. The number of nitrogens with zero attached hydrogens (tertiary/aromatic N) is 1. The molecule has 0 aliphatic rings. The predicted molar refractivity (Wildman–Crippen MR) is 85.5 cm³/mol. The minimum absolute atomic E-state index is 0.0328. The number of pyridine rings is 1. The Labute approximate surface area is 134 Å². The Morgan fingerprint density at radius 1 is 1.19 bits per heavy atom. The van der Waals surface area contributed by atoms with E-state index in [2.05, 4.69) is 16.6 Å². The monoisotopic (exact) mass is 344 g/mol. The third-order valence-electron chi connectivity index (χ3n) is 2.83. The molecule has 0 fully saturated rings. The molecule has 0 bridgehead atoms. The topological polar surface area (TPSA) is 59.1 Å². The number of hydrogen-bond donors (Lipinski definition) is 1. The van der Waals surface area contributed by atoms with Crippen LogP contribution in [0.4, 0.5) is 5.69 Å². The van der Waals surface area contributed by atoms with E-state index in [-0.39, 0.29) is 15.1 Å². The van der Waals surface area contributed by atoms with Gasteiger partial charge in [-0.05, 0) is 30.2 Å². The minimum Gasteiger partial charge on any atom is -0.280 e. The number of rotatable bonds is 5. The lowest BCUT2D eigenvalue weighted by molar-refractivity contribution is 0.601. The van der Waals surface area contributed by atoms with Crippen molar-refractivity contribution in [1.82, 2.24) is 4.98 Å². The third-order valence-corrected chi connectivity index (χ3v) is 4.86. The Balaban J connectivity index is 2.22. The summed E-state index contributed by atoms with van der Waals surface area (Å²) < 4.78 is 26.9. The van der Waals surface area contributed by atoms with Gasteiger partial charge in [-0.25, -0.2) is 13.4 Å². The molecule has 0 saturated heterocycles. The number of sulfonamides is 1. The molecule has 0 atom stereocenters. The van der Waals surface area contributed by atoms with Crippen molar-refractivity contribution < 1.29 is 8.42 Å². The minimum atomic E-state index is -3.73. The second-order valence-corrected chi connectivity index (χ2v) is 6.94. The van der Waals surface area contributed by atoms with Crippen molar-refractivity contribution in [3.8, 4) is 0 Å². The molecule has 0 saturated carbocycles. The number of aryl methyl sites for hydroxylation is 1. The summed E-state index contributed by atoms with van der Waals surface area (Å²) in [6, 6.07) is 8.52. The number of hydrogen-bond acceptors (Lipinski definition) is 3. The molecule has 1 heterocycles. The first-order valence-electron chi connectivity index (χ1n) is 6.35. The van der Waals surface area contributed by atoms with Gasteiger partial charge in [-0.2, -0.15) is 0 Å². The van der Waals surface area contributed by atoms with Crippen molar-refractivity contribution in [2.75, 3.05) is 4.72 Å². The molecular weight excluding hydrogens is 331 g/mol. The second kappa shape index (κ2) is 6.64. The molecule has 0 radical (unpaired) electrons. The molecule has 2 rings (SSSR count). The summed E-state index contributed by atoms with van der Waals surface area (Å²) in [5, 5.41) is 0.164. The van der Waals surface area contributed by atoms with Crippen LogP contribution in [-0.2, 0) is 16.4 Å². The number of benzene rings is 1. The van der Waals surface area contributed by atoms with E-state index in [1.807, 2.05) is 12.1 Å². The number of aromatic nitrogens is 1. The van der Waals surface area contributed by atoms with E-state index in [4.69, 9.17) is 23.2 Å². The fourth-order valence-corrected chi connectivity index (χ4v) is 3.16. The number of halogens is 2. The zero-order valence-corrected chi connectivity index (χ0v) is 13.6. The fraction of sp³-hybridized carbons (Fsp3) is 0.214. The maximum atomic E-state index is 12.2. The van der Waals surface area contributed by atoms with Gasteiger partial charge in [0.25, 0.3) is 10.0 Å². The maximum absolute atomic E-state index is 12.2. The second-order valence-electron chi connectivity index (χ2n) is 4.50. The molecule has 0 spiro atoms. The largest absolute Gasteiger partial charge is 0.280 e. The van der Waals surface area contributed by atoms with Gasteiger partial charge in [0.15, 0.2) is 0 Å². The highest BCUT2D eigenvalue weighted by Crippen LogP contribution is 2.23. The van der Waals surface area contributed by atoms with Crippen LogP contribution in [0.2, 0.25) is 10.2 Å². The normalized spacial score (nSPS) is 11.4. The highest BCUT2D eigenvalue weighted by Gasteiger charge is 2.16. The Kier molecular flexibility index (Phi) is 5.08. The number of nitrogens with one attached hydrogen (secondary N) is 1. The van der Waals surface area contributed by atoms with Crippen molar-refractivity contribution in [1.29, 1.82) is 0 Å². The van der Waals surface area contributed by atoms with Crippen LogP contribution in [0.15, 0.2) is 41.4 Å². The van der Waals surface area contributed by atoms with E-state index >= 15 is 0 Å². The van der Waals surface area contributed by atoms with Gasteiger partial charge < -0.3 is 0 Å². The molecule has 0 aliphatic carbocycles. The molecule has 0 unspecified atom stereocenters. The number of anilines is 1. The summed E-state index contributed by atoms with van der Waals surface area (Å²) in [6.45, 7) is 2.09. The Hall–Kier alpha value is -1.30. The van der Waals surface area contributed by atoms with Gasteiger partial charge in [-0.1, -0.05) is 48.7 Å². The Morgan fingerprint density at radius 2 is 1.86 bits per heavy atom. The van der Waals surface area contributed by atoms with Crippen LogP contribution in [0.1, 0.15) is 18.9 Å². The SMILES string of the molecule is CCCc1ccc(NS(=O)(=O)c2cnc(Cl)c(Cl)c2)cc1. The zero-order chi connectivity index (χ0) is 15.5. The van der Waals surface area contributed by atoms with E-state index in [0.29, 0.717) is 5.69 Å². The molecule has 1 aromatic heterocycles. The molecule has 1 aromatic carbocycles. The quantitative estimate of drug-likeness (QED) is 0.829. The van der Waals surface area contributed by atoms with Gasteiger partial charge in [-0.15, -0.1) is 0 Å². The van der Waals surface area contributed by atoms with Gasteiger partial charge >= 0.3 is 0 Å². The fourth-order valence-electron chi connectivity index (χ4n) is 1.79. The van der Waals surface area contributed by atoms with Crippen molar-refractivity contribution in [3.63, 3.8) is 0 Å². The van der Waals surface area contributed by atoms with Crippen molar-refractivity contribution in [2.24, 2.45) is 0 Å². The third kappa shape index (κ3) is 4.09. The van der Waals surface area contributed by atoms with Gasteiger partial charge in [-0.3, -0.25) is 4.72 Å². The lowest BCUT2D eigenvalue weighted by Gasteiger charge is -2.09. The van der Waals surface area contributed by atoms with Crippen LogP contribution in [0, 0.1) is 0 Å². The Morgan fingerprint density at radius 3 is 2.43 bits per heavy atom. The van der Waals surface area contributed by atoms with Crippen LogP contribution in [-0.4, -0.2) is 13.4 Å². The average Bonchev–Trinajstić information content (AvgIpc) is 2.44. The van der Waals surface area contributed by atoms with Gasteiger partial charge in [0.05, 0.1) is 5.02 Å². The van der Waals surface area contributed by atoms with Crippen molar-refractivity contribution in [2.45, 2.75) is 24.7 Å². The molecule has 0 amide bonds. The highest BCUT2D eigenvalue weighted by atomic mass is 35.5. The van der Waals surface area contributed by atoms with Crippen LogP contribution in [0.3, 0.4) is 0 Å². The first kappa shape index (κ1) is 16.1. The predicted octanol–water partition coefficient (Wildman–Crippen LogP) is 4.14. The van der Waals surface area contributed by atoms with Gasteiger partial charge in [0.2, 0.25) is 0 Å².